The van der Waals surface area contributed by atoms with Gasteiger partial charge in [-0.3, -0.25) is 0 Å². The Hall–Kier alpha value is -1.34. The van der Waals surface area contributed by atoms with Gasteiger partial charge in [-0.2, -0.15) is 0 Å². The van der Waals surface area contributed by atoms with Crippen LogP contribution < -0.4 is 9.47 Å². The van der Waals surface area contributed by atoms with E-state index < -0.39 is 24.6 Å². The molecule has 1 heterocycles. The first-order valence-corrected chi connectivity index (χ1v) is 6.07. The molecule has 1 aromatic carbocycles. The van der Waals surface area contributed by atoms with Crippen molar-refractivity contribution in [1.29, 1.82) is 0 Å². The molecule has 6 heteroatoms. The van der Waals surface area contributed by atoms with Gasteiger partial charge in [-0.1, -0.05) is 0 Å². The van der Waals surface area contributed by atoms with Crippen molar-refractivity contribution in [3.05, 3.63) is 24.3 Å². The van der Waals surface area contributed by atoms with E-state index in [4.69, 9.17) is 19.3 Å². The lowest BCUT2D eigenvalue weighted by Gasteiger charge is -2.36. The number of aliphatic hydroxyl groups excluding tert-OH is 3. The Morgan fingerprint density at radius 3 is 2.42 bits per heavy atom. The predicted molar refractivity (Wildman–Crippen MR) is 66.0 cm³/mol. The van der Waals surface area contributed by atoms with Crippen molar-refractivity contribution in [2.45, 2.75) is 31.0 Å². The molecule has 0 saturated carbocycles. The van der Waals surface area contributed by atoms with Gasteiger partial charge in [-0.25, -0.2) is 0 Å². The molecule has 106 valence electrons. The van der Waals surface area contributed by atoms with Crippen molar-refractivity contribution in [3.63, 3.8) is 0 Å². The number of hydrogen-bond acceptors (Lipinski definition) is 6. The number of methoxy groups -OCH3 is 1. The molecule has 1 unspecified atom stereocenters. The van der Waals surface area contributed by atoms with E-state index in [1.165, 1.54) is 0 Å². The summed E-state index contributed by atoms with van der Waals surface area (Å²) in [6, 6.07) is 6.92. The minimum Gasteiger partial charge on any atom is -0.497 e. The molecular formula is C13H18O6. The van der Waals surface area contributed by atoms with Crippen LogP contribution in [0.1, 0.15) is 6.42 Å². The van der Waals surface area contributed by atoms with Crippen molar-refractivity contribution in [3.8, 4) is 11.5 Å². The molecule has 0 amide bonds. The third-order valence-corrected chi connectivity index (χ3v) is 3.04. The zero-order valence-electron chi connectivity index (χ0n) is 10.6. The average molecular weight is 270 g/mol. The van der Waals surface area contributed by atoms with E-state index in [0.29, 0.717) is 11.5 Å². The van der Waals surface area contributed by atoms with E-state index in [0.717, 1.165) is 0 Å². The normalized spacial score (nSPS) is 30.9. The van der Waals surface area contributed by atoms with Gasteiger partial charge in [0.05, 0.1) is 19.8 Å². The molecule has 1 aliphatic rings. The number of hydrogen-bond donors (Lipinski definition) is 3. The fraction of sp³-hybridized carbons (Fsp3) is 0.538. The Labute approximate surface area is 111 Å². The van der Waals surface area contributed by atoms with Crippen molar-refractivity contribution in [2.75, 3.05) is 13.7 Å². The smallest absolute Gasteiger partial charge is 0.202 e. The summed E-state index contributed by atoms with van der Waals surface area (Å²) in [5, 5.41) is 28.3. The molecular weight excluding hydrogens is 252 g/mol. The van der Waals surface area contributed by atoms with Crippen molar-refractivity contribution < 1.29 is 29.5 Å². The summed E-state index contributed by atoms with van der Waals surface area (Å²) in [5.74, 6) is 1.27. The molecule has 0 bridgehead atoms. The van der Waals surface area contributed by atoms with Gasteiger partial charge in [-0.05, 0) is 24.3 Å². The van der Waals surface area contributed by atoms with E-state index in [9.17, 15) is 10.2 Å². The van der Waals surface area contributed by atoms with E-state index >= 15 is 0 Å². The van der Waals surface area contributed by atoms with Crippen LogP contribution in [-0.4, -0.2) is 53.6 Å². The molecule has 0 spiro atoms. The highest BCUT2D eigenvalue weighted by atomic mass is 16.7. The van der Waals surface area contributed by atoms with Gasteiger partial charge in [0.2, 0.25) is 6.29 Å². The standard InChI is InChI=1S/C13H18O6/c1-17-8-2-4-9(5-3-8)18-12-6-10(15)13(16)11(7-14)19-12/h2-5,10-16H,6-7H2,1H3/t10-,11?,12-,13-/m1/s1. The van der Waals surface area contributed by atoms with Crippen LogP contribution in [0, 0.1) is 0 Å². The molecule has 1 saturated heterocycles. The first-order chi connectivity index (χ1) is 9.13. The van der Waals surface area contributed by atoms with Gasteiger partial charge in [0.1, 0.15) is 23.7 Å². The van der Waals surface area contributed by atoms with Gasteiger partial charge in [0, 0.05) is 6.42 Å². The van der Waals surface area contributed by atoms with Gasteiger partial charge < -0.3 is 29.5 Å². The SMILES string of the molecule is COc1ccc(O[C@H]2C[C@@H](O)[C@@H](O)C(CO)O2)cc1. The lowest BCUT2D eigenvalue weighted by Crippen LogP contribution is -2.51. The zero-order chi connectivity index (χ0) is 13.8. The van der Waals surface area contributed by atoms with Gasteiger partial charge in [0.15, 0.2) is 0 Å². The molecule has 4 atom stereocenters. The summed E-state index contributed by atoms with van der Waals surface area (Å²) in [6.07, 6.45) is -3.48. The minimum atomic E-state index is -1.10. The third kappa shape index (κ3) is 3.36. The Balaban J connectivity index is 1.98. The number of ether oxygens (including phenoxy) is 3. The summed E-state index contributed by atoms with van der Waals surface area (Å²) in [5.41, 5.74) is 0. The highest BCUT2D eigenvalue weighted by Gasteiger charge is 2.37. The highest BCUT2D eigenvalue weighted by molar-refractivity contribution is 5.31. The summed E-state index contributed by atoms with van der Waals surface area (Å²) in [4.78, 5) is 0. The van der Waals surface area contributed by atoms with Crippen LogP contribution in [0.25, 0.3) is 0 Å². The van der Waals surface area contributed by atoms with E-state index in [1.807, 2.05) is 0 Å². The molecule has 6 nitrogen and oxygen atoms in total. The first-order valence-electron chi connectivity index (χ1n) is 6.07. The molecule has 1 aliphatic heterocycles. The predicted octanol–water partition coefficient (Wildman–Crippen LogP) is -0.0969. The quantitative estimate of drug-likeness (QED) is 0.708. The summed E-state index contributed by atoms with van der Waals surface area (Å²) in [6.45, 7) is -0.374. The second-order valence-electron chi connectivity index (χ2n) is 4.37. The Bertz CT molecular complexity index is 393. The topological polar surface area (TPSA) is 88.4 Å². The maximum atomic E-state index is 9.67. The number of rotatable bonds is 4. The average Bonchev–Trinajstić information content (AvgIpc) is 2.43. The fourth-order valence-electron chi connectivity index (χ4n) is 1.95. The molecule has 2 rings (SSSR count). The molecule has 3 N–H and O–H groups in total. The summed E-state index contributed by atoms with van der Waals surface area (Å²) >= 11 is 0. The lowest BCUT2D eigenvalue weighted by atomic mass is 10.0. The van der Waals surface area contributed by atoms with Crippen LogP contribution >= 0.6 is 0 Å². The van der Waals surface area contributed by atoms with Crippen molar-refractivity contribution in [1.82, 2.24) is 0 Å². The van der Waals surface area contributed by atoms with Crippen LogP contribution in [0.2, 0.25) is 0 Å². The Kier molecular flexibility index (Phi) is 4.60. The van der Waals surface area contributed by atoms with Crippen LogP contribution in [0.3, 0.4) is 0 Å². The largest absolute Gasteiger partial charge is 0.497 e. The van der Waals surface area contributed by atoms with E-state index in [-0.39, 0.29) is 13.0 Å². The van der Waals surface area contributed by atoms with Gasteiger partial charge >= 0.3 is 0 Å². The zero-order valence-corrected chi connectivity index (χ0v) is 10.6. The van der Waals surface area contributed by atoms with Gasteiger partial charge in [0.25, 0.3) is 0 Å². The maximum Gasteiger partial charge on any atom is 0.202 e. The van der Waals surface area contributed by atoms with Crippen molar-refractivity contribution >= 4 is 0 Å². The Morgan fingerprint density at radius 1 is 1.21 bits per heavy atom. The fourth-order valence-corrected chi connectivity index (χ4v) is 1.95. The molecule has 19 heavy (non-hydrogen) atoms. The first kappa shape index (κ1) is 14.1. The number of aliphatic hydroxyl groups is 3. The third-order valence-electron chi connectivity index (χ3n) is 3.04. The second kappa shape index (κ2) is 6.21. The van der Waals surface area contributed by atoms with Crippen LogP contribution in [-0.2, 0) is 4.74 Å². The summed E-state index contributed by atoms with van der Waals surface area (Å²) in [7, 11) is 1.57. The monoisotopic (exact) mass is 270 g/mol. The molecule has 1 aromatic rings. The van der Waals surface area contributed by atoms with E-state index in [2.05, 4.69) is 0 Å². The van der Waals surface area contributed by atoms with E-state index in [1.54, 1.807) is 31.4 Å². The van der Waals surface area contributed by atoms with Crippen molar-refractivity contribution in [2.24, 2.45) is 0 Å². The van der Waals surface area contributed by atoms with Gasteiger partial charge in [-0.15, -0.1) is 0 Å². The van der Waals surface area contributed by atoms with Crippen LogP contribution in [0.5, 0.6) is 11.5 Å². The second-order valence-corrected chi connectivity index (χ2v) is 4.37. The molecule has 1 fully saturated rings. The maximum absolute atomic E-state index is 9.67. The highest BCUT2D eigenvalue weighted by Crippen LogP contribution is 2.24. The molecule has 0 aliphatic carbocycles. The Morgan fingerprint density at radius 2 is 1.84 bits per heavy atom. The molecule has 0 radical (unpaired) electrons. The number of benzene rings is 1. The molecule has 0 aromatic heterocycles. The lowest BCUT2D eigenvalue weighted by molar-refractivity contribution is -0.229. The summed E-state index contributed by atoms with van der Waals surface area (Å²) < 4.78 is 15.9. The van der Waals surface area contributed by atoms with Crippen LogP contribution in [0.4, 0.5) is 0 Å². The van der Waals surface area contributed by atoms with Crippen LogP contribution in [0.15, 0.2) is 24.3 Å². The minimum absolute atomic E-state index is 0.143.